The van der Waals surface area contributed by atoms with E-state index < -0.39 is 16.1 Å². The second kappa shape index (κ2) is 7.16. The summed E-state index contributed by atoms with van der Waals surface area (Å²) in [6, 6.07) is -0.870. The lowest BCUT2D eigenvalue weighted by molar-refractivity contribution is -0.131. The van der Waals surface area contributed by atoms with Crippen LogP contribution in [0.25, 0.3) is 0 Å². The third kappa shape index (κ3) is 4.03. The van der Waals surface area contributed by atoms with Gasteiger partial charge in [-0.2, -0.15) is 9.82 Å². The highest BCUT2D eigenvalue weighted by molar-refractivity contribution is 7.89. The van der Waals surface area contributed by atoms with Crippen molar-refractivity contribution in [2.24, 2.45) is 12.8 Å². The van der Waals surface area contributed by atoms with E-state index in [1.807, 2.05) is 0 Å². The molecule has 2 atom stereocenters. The summed E-state index contributed by atoms with van der Waals surface area (Å²) >= 11 is 0. The van der Waals surface area contributed by atoms with Crippen LogP contribution in [0.2, 0.25) is 0 Å². The number of hydrogen-bond acceptors (Lipinski definition) is 5. The van der Waals surface area contributed by atoms with Gasteiger partial charge in [0, 0.05) is 26.2 Å². The summed E-state index contributed by atoms with van der Waals surface area (Å²) in [6.45, 7) is 5.89. The normalized spacial score (nSPS) is 19.5. The Labute approximate surface area is 142 Å². The molecule has 1 aliphatic heterocycles. The maximum Gasteiger partial charge on any atom is 0.244 e. The molecule has 23 heavy (non-hydrogen) atoms. The van der Waals surface area contributed by atoms with E-state index >= 15 is 0 Å². The van der Waals surface area contributed by atoms with Gasteiger partial charge in [-0.25, -0.2) is 8.42 Å². The number of nitrogens with zero attached hydrogens (tertiary/aromatic N) is 3. The highest BCUT2D eigenvalue weighted by atomic mass is 35.5. The van der Waals surface area contributed by atoms with Crippen molar-refractivity contribution in [3.05, 3.63) is 11.4 Å². The molecule has 2 heterocycles. The van der Waals surface area contributed by atoms with Crippen molar-refractivity contribution in [2.75, 3.05) is 13.1 Å². The molecule has 0 saturated carbocycles. The van der Waals surface area contributed by atoms with E-state index in [4.69, 9.17) is 5.73 Å². The first-order chi connectivity index (χ1) is 10.1. The second-order valence-corrected chi connectivity index (χ2v) is 7.45. The first-order valence-corrected chi connectivity index (χ1v) is 8.68. The van der Waals surface area contributed by atoms with Gasteiger partial charge in [-0.3, -0.25) is 9.48 Å². The van der Waals surface area contributed by atoms with Crippen LogP contribution in [-0.4, -0.2) is 54.2 Å². The topological polar surface area (TPSA) is 110 Å². The van der Waals surface area contributed by atoms with Crippen LogP contribution < -0.4 is 10.5 Å². The van der Waals surface area contributed by atoms with Gasteiger partial charge in [0.1, 0.15) is 4.90 Å². The number of nitrogens with one attached hydrogen (secondary N) is 1. The van der Waals surface area contributed by atoms with Gasteiger partial charge in [-0.05, 0) is 27.2 Å². The molecule has 0 spiro atoms. The van der Waals surface area contributed by atoms with Gasteiger partial charge in [-0.15, -0.1) is 12.4 Å². The fourth-order valence-electron chi connectivity index (χ4n) is 2.75. The van der Waals surface area contributed by atoms with Gasteiger partial charge in [0.2, 0.25) is 15.9 Å². The predicted octanol–water partition coefficient (Wildman–Crippen LogP) is -0.315. The molecule has 1 aliphatic rings. The number of aromatic nitrogens is 2. The van der Waals surface area contributed by atoms with E-state index in [9.17, 15) is 13.2 Å². The van der Waals surface area contributed by atoms with E-state index in [-0.39, 0.29) is 29.3 Å². The van der Waals surface area contributed by atoms with Crippen molar-refractivity contribution in [1.29, 1.82) is 0 Å². The highest BCUT2D eigenvalue weighted by Gasteiger charge is 2.31. The van der Waals surface area contributed by atoms with Crippen molar-refractivity contribution in [2.45, 2.75) is 44.2 Å². The number of nitrogens with two attached hydrogens (primary N) is 1. The van der Waals surface area contributed by atoms with Gasteiger partial charge >= 0.3 is 0 Å². The van der Waals surface area contributed by atoms with Crippen LogP contribution in [0.1, 0.15) is 24.7 Å². The minimum Gasteiger partial charge on any atom is -0.340 e. The lowest BCUT2D eigenvalue weighted by atomic mass is 10.3. The molecule has 0 radical (unpaired) electrons. The molecule has 0 aliphatic carbocycles. The standard InChI is InChI=1S/C13H23N5O3S.ClH/c1-8-12(10(3)17(4)15-8)22(20,21)16-9(2)13(19)18-6-5-11(14)7-18;/h9,11,16H,5-7,14H2,1-4H3;1H/t9?,11-;/m1./s1. The Morgan fingerprint density at radius 3 is 2.48 bits per heavy atom. The SMILES string of the molecule is Cc1nn(C)c(C)c1S(=O)(=O)NC(C)C(=O)N1CC[C@@H](N)C1.Cl. The summed E-state index contributed by atoms with van der Waals surface area (Å²) in [5.41, 5.74) is 6.73. The molecule has 8 nitrogen and oxygen atoms in total. The van der Waals surface area contributed by atoms with Crippen LogP contribution >= 0.6 is 12.4 Å². The van der Waals surface area contributed by atoms with Crippen LogP contribution in [0.5, 0.6) is 0 Å². The minimum atomic E-state index is -3.80. The number of hydrogen-bond donors (Lipinski definition) is 2. The van der Waals surface area contributed by atoms with Crippen molar-refractivity contribution < 1.29 is 13.2 Å². The molecular weight excluding hydrogens is 342 g/mol. The molecule has 0 bridgehead atoms. The molecule has 1 unspecified atom stereocenters. The Bertz CT molecular complexity index is 688. The Morgan fingerprint density at radius 1 is 1.43 bits per heavy atom. The summed E-state index contributed by atoms with van der Waals surface area (Å²) < 4.78 is 29.0. The average Bonchev–Trinajstić information content (AvgIpc) is 2.93. The van der Waals surface area contributed by atoms with Crippen LogP contribution in [-0.2, 0) is 21.9 Å². The largest absolute Gasteiger partial charge is 0.340 e. The second-order valence-electron chi connectivity index (χ2n) is 5.80. The summed E-state index contributed by atoms with van der Waals surface area (Å²) in [5, 5.41) is 4.10. The van der Waals surface area contributed by atoms with Gasteiger partial charge in [0.05, 0.1) is 17.4 Å². The minimum absolute atomic E-state index is 0. The third-order valence-electron chi connectivity index (χ3n) is 3.95. The van der Waals surface area contributed by atoms with Crippen LogP contribution in [0.4, 0.5) is 0 Å². The van der Waals surface area contributed by atoms with E-state index in [1.165, 1.54) is 4.68 Å². The van der Waals surface area contributed by atoms with Crippen molar-refractivity contribution in [1.82, 2.24) is 19.4 Å². The molecule has 1 fully saturated rings. The molecule has 132 valence electrons. The Morgan fingerprint density at radius 2 is 2.04 bits per heavy atom. The average molecular weight is 366 g/mol. The Balaban J connectivity index is 0.00000264. The summed E-state index contributed by atoms with van der Waals surface area (Å²) in [4.78, 5) is 14.0. The lowest BCUT2D eigenvalue weighted by Gasteiger charge is -2.21. The zero-order valence-electron chi connectivity index (χ0n) is 13.7. The number of sulfonamides is 1. The quantitative estimate of drug-likeness (QED) is 0.760. The Kier molecular flexibility index (Phi) is 6.19. The summed E-state index contributed by atoms with van der Waals surface area (Å²) in [5.74, 6) is -0.254. The van der Waals surface area contributed by atoms with E-state index in [1.54, 1.807) is 32.7 Å². The van der Waals surface area contributed by atoms with Gasteiger partial charge < -0.3 is 10.6 Å². The van der Waals surface area contributed by atoms with Crippen LogP contribution in [0.15, 0.2) is 4.90 Å². The summed E-state index contributed by atoms with van der Waals surface area (Å²) in [6.07, 6.45) is 0.742. The molecular formula is C13H24ClN5O3S. The number of amides is 1. The molecule has 1 aromatic heterocycles. The number of aryl methyl sites for hydroxylation is 2. The zero-order chi connectivity index (χ0) is 16.7. The van der Waals surface area contributed by atoms with E-state index in [0.29, 0.717) is 24.5 Å². The van der Waals surface area contributed by atoms with E-state index in [2.05, 4.69) is 9.82 Å². The number of carbonyl (C=O) groups excluding carboxylic acids is 1. The fraction of sp³-hybridized carbons (Fsp3) is 0.692. The molecule has 1 saturated heterocycles. The molecule has 10 heteroatoms. The first-order valence-electron chi connectivity index (χ1n) is 7.20. The maximum atomic E-state index is 12.5. The summed E-state index contributed by atoms with van der Waals surface area (Å²) in [7, 11) is -2.12. The van der Waals surface area contributed by atoms with E-state index in [0.717, 1.165) is 6.42 Å². The molecule has 1 amide bonds. The number of likely N-dealkylation sites (tertiary alicyclic amines) is 1. The van der Waals surface area contributed by atoms with Crippen LogP contribution in [0, 0.1) is 13.8 Å². The molecule has 0 aromatic carbocycles. The first kappa shape index (κ1) is 19.9. The van der Waals surface area contributed by atoms with Gasteiger partial charge in [0.15, 0.2) is 0 Å². The number of halogens is 1. The van der Waals surface area contributed by atoms with Gasteiger partial charge in [0.25, 0.3) is 0 Å². The maximum absolute atomic E-state index is 12.5. The van der Waals surface area contributed by atoms with Crippen molar-refractivity contribution in [3.63, 3.8) is 0 Å². The molecule has 3 N–H and O–H groups in total. The monoisotopic (exact) mass is 365 g/mol. The van der Waals surface area contributed by atoms with Crippen molar-refractivity contribution in [3.8, 4) is 0 Å². The zero-order valence-corrected chi connectivity index (χ0v) is 15.4. The van der Waals surface area contributed by atoms with Crippen molar-refractivity contribution >= 4 is 28.3 Å². The Hall–Kier alpha value is -1.16. The fourth-order valence-corrected chi connectivity index (χ4v) is 4.38. The highest BCUT2D eigenvalue weighted by Crippen LogP contribution is 2.19. The number of carbonyl (C=O) groups is 1. The smallest absolute Gasteiger partial charge is 0.244 e. The van der Waals surface area contributed by atoms with Gasteiger partial charge in [-0.1, -0.05) is 0 Å². The lowest BCUT2D eigenvalue weighted by Crippen LogP contribution is -2.46. The predicted molar refractivity (Wildman–Crippen MR) is 88.9 cm³/mol. The molecule has 2 rings (SSSR count). The van der Waals surface area contributed by atoms with Crippen LogP contribution in [0.3, 0.4) is 0 Å². The molecule has 1 aromatic rings. The number of rotatable bonds is 4. The third-order valence-corrected chi connectivity index (χ3v) is 5.74.